The van der Waals surface area contributed by atoms with Gasteiger partial charge in [0, 0.05) is 17.9 Å². The van der Waals surface area contributed by atoms with Crippen molar-refractivity contribution in [3.8, 4) is 0 Å². The molecule has 3 unspecified atom stereocenters. The number of non-ortho nitro benzene ring substituents is 1. The summed E-state index contributed by atoms with van der Waals surface area (Å²) >= 11 is 2.90. The molecule has 0 radical (unpaired) electrons. The number of rotatable bonds is 9. The first-order valence-corrected chi connectivity index (χ1v) is 11.6. The highest BCUT2D eigenvalue weighted by molar-refractivity contribution is 8.04. The van der Waals surface area contributed by atoms with Crippen molar-refractivity contribution in [2.45, 2.75) is 47.8 Å². The average molecular weight is 481 g/mol. The van der Waals surface area contributed by atoms with Crippen LogP contribution in [0.3, 0.4) is 0 Å². The zero-order valence-corrected chi connectivity index (χ0v) is 18.6. The van der Waals surface area contributed by atoms with Crippen LogP contribution in [0, 0.1) is 10.1 Å². The van der Waals surface area contributed by atoms with Crippen LogP contribution in [0.5, 0.6) is 0 Å². The van der Waals surface area contributed by atoms with Gasteiger partial charge in [-0.2, -0.15) is 0 Å². The first-order valence-electron chi connectivity index (χ1n) is 9.71. The van der Waals surface area contributed by atoms with Crippen LogP contribution in [-0.4, -0.2) is 75.5 Å². The fourth-order valence-electron chi connectivity index (χ4n) is 3.65. The molecule has 4 rings (SSSR count). The van der Waals surface area contributed by atoms with E-state index in [0.717, 1.165) is 0 Å². The van der Waals surface area contributed by atoms with E-state index in [1.54, 1.807) is 16.7 Å². The van der Waals surface area contributed by atoms with Gasteiger partial charge in [0.05, 0.1) is 34.6 Å². The number of aromatic nitrogens is 4. The van der Waals surface area contributed by atoms with Crippen LogP contribution in [0.15, 0.2) is 29.4 Å². The van der Waals surface area contributed by atoms with Gasteiger partial charge in [-0.25, -0.2) is 9.48 Å². The summed E-state index contributed by atoms with van der Waals surface area (Å²) in [5.41, 5.74) is 0.565. The maximum Gasteiger partial charge on any atom is 0.330 e. The molecule has 2 aliphatic heterocycles. The molecule has 2 aliphatic rings. The molecule has 2 fully saturated rings. The number of nitro groups is 1. The number of aliphatic hydroxyl groups excluding tert-OH is 1. The quantitative estimate of drug-likeness (QED) is 0.178. The minimum Gasteiger partial charge on any atom is -0.459 e. The second-order valence-electron chi connectivity index (χ2n) is 7.52. The third kappa shape index (κ3) is 4.29. The number of carbonyl (C=O) groups excluding carboxylic acids is 2. The normalized spacial score (nSPS) is 24.2. The summed E-state index contributed by atoms with van der Waals surface area (Å²) in [6.45, 7) is 2.01. The maximum atomic E-state index is 13.1. The van der Waals surface area contributed by atoms with Gasteiger partial charge in [-0.15, -0.1) is 16.9 Å². The molecule has 1 N–H and O–H groups in total. The molecule has 0 bridgehead atoms. The number of nitro benzene ring substituents is 1. The predicted molar refractivity (Wildman–Crippen MR) is 114 cm³/mol. The van der Waals surface area contributed by atoms with Crippen molar-refractivity contribution in [1.82, 2.24) is 25.1 Å². The smallest absolute Gasteiger partial charge is 0.330 e. The van der Waals surface area contributed by atoms with Crippen LogP contribution < -0.4 is 0 Å². The van der Waals surface area contributed by atoms with E-state index in [9.17, 15) is 19.7 Å². The second-order valence-corrected chi connectivity index (χ2v) is 10.2. The van der Waals surface area contributed by atoms with Gasteiger partial charge in [0.25, 0.3) is 5.69 Å². The minimum absolute atomic E-state index is 0.0468. The van der Waals surface area contributed by atoms with Crippen molar-refractivity contribution in [2.24, 2.45) is 0 Å². The molecule has 1 aromatic heterocycles. The highest BCUT2D eigenvalue weighted by Gasteiger charge is 2.61. The van der Waals surface area contributed by atoms with Crippen LogP contribution in [-0.2, 0) is 27.5 Å². The molecular weight excluding hydrogens is 460 g/mol. The van der Waals surface area contributed by atoms with Gasteiger partial charge in [-0.1, -0.05) is 11.8 Å². The van der Waals surface area contributed by atoms with E-state index in [1.807, 2.05) is 6.92 Å². The van der Waals surface area contributed by atoms with Crippen LogP contribution >= 0.6 is 23.5 Å². The lowest BCUT2D eigenvalue weighted by Crippen LogP contribution is -2.58. The van der Waals surface area contributed by atoms with Gasteiger partial charge in [0.1, 0.15) is 12.6 Å². The van der Waals surface area contributed by atoms with E-state index in [2.05, 4.69) is 15.5 Å². The molecule has 2 aromatic rings. The Bertz CT molecular complexity index is 1030. The number of hydrogen-bond acceptors (Lipinski definition) is 11. The summed E-state index contributed by atoms with van der Waals surface area (Å²) in [4.78, 5) is 37.1. The number of amides is 1. The molecule has 3 heterocycles. The number of ether oxygens (including phenoxy) is 1. The van der Waals surface area contributed by atoms with Gasteiger partial charge >= 0.3 is 5.97 Å². The zero-order valence-electron chi connectivity index (χ0n) is 17.0. The number of thioether (sulfide) groups is 2. The SMILES string of the molecule is CC1(CSc2nnnn2CCO)SC2CC(=O)N2C1C(=O)OCc1ccc([N+](=O)[O-])cc1. The molecule has 14 heteroatoms. The first-order chi connectivity index (χ1) is 15.3. The Kier molecular flexibility index (Phi) is 6.35. The summed E-state index contributed by atoms with van der Waals surface area (Å²) in [7, 11) is 0. The van der Waals surface area contributed by atoms with Gasteiger partial charge < -0.3 is 14.7 Å². The van der Waals surface area contributed by atoms with Crippen molar-refractivity contribution in [2.75, 3.05) is 12.4 Å². The summed E-state index contributed by atoms with van der Waals surface area (Å²) < 4.78 is 6.35. The van der Waals surface area contributed by atoms with Crippen molar-refractivity contribution in [3.63, 3.8) is 0 Å². The first kappa shape index (κ1) is 22.5. The highest BCUT2D eigenvalue weighted by atomic mass is 32.2. The molecule has 3 atom stereocenters. The van der Waals surface area contributed by atoms with Gasteiger partial charge in [0.2, 0.25) is 11.1 Å². The van der Waals surface area contributed by atoms with E-state index in [-0.39, 0.29) is 36.7 Å². The Labute approximate surface area is 190 Å². The van der Waals surface area contributed by atoms with Gasteiger partial charge in [0.15, 0.2) is 0 Å². The molecule has 0 spiro atoms. The van der Waals surface area contributed by atoms with Crippen LogP contribution in [0.1, 0.15) is 18.9 Å². The number of carbonyl (C=O) groups is 2. The zero-order chi connectivity index (χ0) is 22.9. The number of aliphatic hydroxyl groups is 1. The highest BCUT2D eigenvalue weighted by Crippen LogP contribution is 2.52. The van der Waals surface area contributed by atoms with E-state index in [4.69, 9.17) is 9.84 Å². The molecule has 1 aromatic carbocycles. The second kappa shape index (κ2) is 9.03. The van der Waals surface area contributed by atoms with Crippen molar-refractivity contribution in [1.29, 1.82) is 0 Å². The third-order valence-electron chi connectivity index (χ3n) is 5.26. The fraction of sp³-hybridized carbons (Fsp3) is 0.500. The Morgan fingerprint density at radius 1 is 1.44 bits per heavy atom. The lowest BCUT2D eigenvalue weighted by atomic mass is 9.98. The van der Waals surface area contributed by atoms with Crippen LogP contribution in [0.2, 0.25) is 0 Å². The summed E-state index contributed by atoms with van der Waals surface area (Å²) in [5, 5.41) is 31.8. The Hall–Kier alpha value is -2.71. The third-order valence-corrected chi connectivity index (χ3v) is 8.31. The summed E-state index contributed by atoms with van der Waals surface area (Å²) in [6, 6.07) is 4.98. The molecule has 170 valence electrons. The van der Waals surface area contributed by atoms with Crippen LogP contribution in [0.4, 0.5) is 5.69 Å². The van der Waals surface area contributed by atoms with E-state index in [1.165, 1.54) is 40.7 Å². The van der Waals surface area contributed by atoms with E-state index in [0.29, 0.717) is 22.9 Å². The number of esters is 1. The Balaban J connectivity index is 1.45. The van der Waals surface area contributed by atoms with Crippen molar-refractivity contribution >= 4 is 41.1 Å². The Morgan fingerprint density at radius 3 is 2.84 bits per heavy atom. The molecular formula is C18H20N6O6S2. The number of fused-ring (bicyclic) bond motifs is 1. The number of β-lactam (4-membered cyclic amide) rings is 1. The molecule has 1 amide bonds. The molecule has 0 saturated carbocycles. The number of hydrogen-bond donors (Lipinski definition) is 1. The minimum atomic E-state index is -0.772. The standard InChI is InChI=1S/C18H20N6O6S2/c1-18(10-31-17-19-20-21-22(17)6-7-25)15(23-13(26)8-14(23)32-18)16(27)30-9-11-2-4-12(5-3-11)24(28)29/h2-5,14-15,25H,6-10H2,1H3. The molecule has 2 saturated heterocycles. The van der Waals surface area contributed by atoms with Crippen molar-refractivity contribution < 1.29 is 24.4 Å². The van der Waals surface area contributed by atoms with Gasteiger partial charge in [-0.05, 0) is 35.0 Å². The number of nitrogens with zero attached hydrogens (tertiary/aromatic N) is 6. The largest absolute Gasteiger partial charge is 0.459 e. The molecule has 32 heavy (non-hydrogen) atoms. The summed E-state index contributed by atoms with van der Waals surface area (Å²) in [6.07, 6.45) is 0.374. The monoisotopic (exact) mass is 480 g/mol. The Morgan fingerprint density at radius 2 is 2.19 bits per heavy atom. The van der Waals surface area contributed by atoms with Gasteiger partial charge in [-0.3, -0.25) is 14.9 Å². The number of benzene rings is 1. The maximum absolute atomic E-state index is 13.1. The summed E-state index contributed by atoms with van der Waals surface area (Å²) in [5.74, 6) is -0.177. The molecule has 0 aliphatic carbocycles. The number of tetrazole rings is 1. The van der Waals surface area contributed by atoms with Crippen molar-refractivity contribution in [3.05, 3.63) is 39.9 Å². The lowest BCUT2D eigenvalue weighted by molar-refractivity contribution is -0.384. The molecule has 12 nitrogen and oxygen atoms in total. The van der Waals surface area contributed by atoms with E-state index < -0.39 is 21.7 Å². The average Bonchev–Trinajstić information content (AvgIpc) is 3.30. The topological polar surface area (TPSA) is 154 Å². The lowest BCUT2D eigenvalue weighted by Gasteiger charge is -2.37. The predicted octanol–water partition coefficient (Wildman–Crippen LogP) is 0.842. The van der Waals surface area contributed by atoms with E-state index >= 15 is 0 Å². The fourth-order valence-corrected chi connectivity index (χ4v) is 6.58. The van der Waals surface area contributed by atoms with Crippen LogP contribution in [0.25, 0.3) is 0 Å².